The molecule has 6 nitrogen and oxygen atoms in total. The number of sulfonamides is 1. The van der Waals surface area contributed by atoms with E-state index in [4.69, 9.17) is 11.6 Å². The van der Waals surface area contributed by atoms with Gasteiger partial charge in [-0.1, -0.05) is 35.9 Å². The van der Waals surface area contributed by atoms with Gasteiger partial charge in [0.05, 0.1) is 4.90 Å². The molecule has 140 valence electrons. The highest BCUT2D eigenvalue weighted by atomic mass is 35.5. The van der Waals surface area contributed by atoms with Crippen LogP contribution in [0.4, 0.5) is 0 Å². The predicted octanol–water partition coefficient (Wildman–Crippen LogP) is 2.46. The second-order valence-electron chi connectivity index (χ2n) is 5.74. The third-order valence-corrected chi connectivity index (χ3v) is 5.50. The molecule has 0 aliphatic heterocycles. The Kier molecular flexibility index (Phi) is 7.02. The second-order valence-corrected chi connectivity index (χ2v) is 8.06. The zero-order chi connectivity index (χ0) is 19.2. The van der Waals surface area contributed by atoms with Crippen LogP contribution in [0.5, 0.6) is 0 Å². The number of guanidine groups is 1. The number of halogens is 1. The molecule has 0 aliphatic rings. The number of hydrogen-bond donors (Lipinski definition) is 2. The van der Waals surface area contributed by atoms with Gasteiger partial charge in [-0.25, -0.2) is 13.1 Å². The minimum Gasteiger partial charge on any atom is -0.352 e. The monoisotopic (exact) mass is 394 g/mol. The van der Waals surface area contributed by atoms with Crippen LogP contribution in [0.1, 0.15) is 11.1 Å². The highest BCUT2D eigenvalue weighted by Crippen LogP contribution is 2.12. The van der Waals surface area contributed by atoms with Gasteiger partial charge in [-0.3, -0.25) is 4.99 Å². The number of rotatable bonds is 6. The zero-order valence-corrected chi connectivity index (χ0v) is 16.6. The van der Waals surface area contributed by atoms with E-state index in [0.717, 1.165) is 11.1 Å². The molecule has 0 radical (unpaired) electrons. The van der Waals surface area contributed by atoms with E-state index in [9.17, 15) is 8.42 Å². The molecule has 8 heteroatoms. The lowest BCUT2D eigenvalue weighted by Crippen LogP contribution is -2.38. The Bertz CT molecular complexity index is 867. The molecule has 0 spiro atoms. The first kappa shape index (κ1) is 20.2. The third kappa shape index (κ3) is 5.45. The summed E-state index contributed by atoms with van der Waals surface area (Å²) in [5.41, 5.74) is 1.96. The first-order chi connectivity index (χ1) is 12.4. The van der Waals surface area contributed by atoms with Crippen LogP contribution >= 0.6 is 11.6 Å². The van der Waals surface area contributed by atoms with Crippen molar-refractivity contribution in [2.75, 3.05) is 21.1 Å². The van der Waals surface area contributed by atoms with Gasteiger partial charge in [0, 0.05) is 32.2 Å². The molecule has 26 heavy (non-hydrogen) atoms. The van der Waals surface area contributed by atoms with Crippen molar-refractivity contribution in [3.8, 4) is 0 Å². The van der Waals surface area contributed by atoms with Crippen LogP contribution in [0.3, 0.4) is 0 Å². The van der Waals surface area contributed by atoms with Gasteiger partial charge in [0.2, 0.25) is 10.0 Å². The molecule has 2 rings (SSSR count). The fourth-order valence-electron chi connectivity index (χ4n) is 2.44. The van der Waals surface area contributed by atoms with E-state index in [1.807, 2.05) is 42.3 Å². The van der Waals surface area contributed by atoms with Crippen LogP contribution in [0.2, 0.25) is 5.02 Å². The molecule has 0 saturated carbocycles. The fraction of sp³-hybridized carbons (Fsp3) is 0.278. The first-order valence-corrected chi connectivity index (χ1v) is 9.90. The summed E-state index contributed by atoms with van der Waals surface area (Å²) in [5, 5.41) is 3.95. The molecule has 0 aromatic heterocycles. The van der Waals surface area contributed by atoms with E-state index < -0.39 is 10.0 Å². The molecule has 0 aliphatic carbocycles. The van der Waals surface area contributed by atoms with Crippen molar-refractivity contribution in [3.05, 3.63) is 64.7 Å². The summed E-state index contributed by atoms with van der Waals surface area (Å²) < 4.78 is 26.1. The maximum absolute atomic E-state index is 11.9. The van der Waals surface area contributed by atoms with E-state index in [2.05, 4.69) is 15.0 Å². The molecule has 2 aromatic rings. The highest BCUT2D eigenvalue weighted by Gasteiger charge is 2.12. The zero-order valence-electron chi connectivity index (χ0n) is 15.0. The van der Waals surface area contributed by atoms with E-state index >= 15 is 0 Å². The standard InChI is InChI=1S/C18H23ClN4O2S/c1-20-18(23(3)13-14-7-9-16(19)10-8-14)22-12-15-5-4-6-17(11-15)26(24,25)21-2/h4-11,21H,12-13H2,1-3H3,(H,20,22). The van der Waals surface area contributed by atoms with Crippen molar-refractivity contribution in [1.29, 1.82) is 0 Å². The van der Waals surface area contributed by atoms with Crippen molar-refractivity contribution < 1.29 is 8.42 Å². The van der Waals surface area contributed by atoms with Crippen LogP contribution in [0, 0.1) is 0 Å². The Labute approximate surface area is 159 Å². The van der Waals surface area contributed by atoms with Gasteiger partial charge in [-0.2, -0.15) is 0 Å². The van der Waals surface area contributed by atoms with Crippen LogP contribution in [-0.2, 0) is 23.1 Å². The van der Waals surface area contributed by atoms with E-state index in [1.54, 1.807) is 25.2 Å². The summed E-state index contributed by atoms with van der Waals surface area (Å²) in [6, 6.07) is 14.5. The van der Waals surface area contributed by atoms with Gasteiger partial charge in [-0.05, 0) is 42.4 Å². The van der Waals surface area contributed by atoms with Crippen molar-refractivity contribution >= 4 is 27.6 Å². The summed E-state index contributed by atoms with van der Waals surface area (Å²) in [5.74, 6) is 0.710. The Morgan fingerprint density at radius 2 is 1.85 bits per heavy atom. The lowest BCUT2D eigenvalue weighted by Gasteiger charge is -2.22. The van der Waals surface area contributed by atoms with Crippen molar-refractivity contribution in [2.24, 2.45) is 4.99 Å². The maximum Gasteiger partial charge on any atom is 0.240 e. The Balaban J connectivity index is 2.02. The summed E-state index contributed by atoms with van der Waals surface area (Å²) in [6.45, 7) is 1.13. The number of hydrogen-bond acceptors (Lipinski definition) is 3. The Hall–Kier alpha value is -2.09. The van der Waals surface area contributed by atoms with Crippen LogP contribution in [-0.4, -0.2) is 40.4 Å². The minimum absolute atomic E-state index is 0.240. The molecule has 0 bridgehead atoms. The normalized spacial score (nSPS) is 12.1. The molecular formula is C18H23ClN4O2S. The summed E-state index contributed by atoms with van der Waals surface area (Å²) >= 11 is 5.91. The predicted molar refractivity (Wildman–Crippen MR) is 106 cm³/mol. The lowest BCUT2D eigenvalue weighted by molar-refractivity contribution is 0.476. The minimum atomic E-state index is -3.45. The van der Waals surface area contributed by atoms with Gasteiger partial charge in [0.25, 0.3) is 0 Å². The van der Waals surface area contributed by atoms with Gasteiger partial charge < -0.3 is 10.2 Å². The van der Waals surface area contributed by atoms with Gasteiger partial charge in [0.15, 0.2) is 5.96 Å². The van der Waals surface area contributed by atoms with Crippen molar-refractivity contribution in [1.82, 2.24) is 14.9 Å². The summed E-state index contributed by atoms with van der Waals surface area (Å²) in [7, 11) is 1.59. The number of nitrogens with one attached hydrogen (secondary N) is 2. The summed E-state index contributed by atoms with van der Waals surface area (Å²) in [4.78, 5) is 6.50. The number of aliphatic imine (C=N–C) groups is 1. The molecule has 0 saturated heterocycles. The second kappa shape index (κ2) is 9.02. The summed E-state index contributed by atoms with van der Waals surface area (Å²) in [6.07, 6.45) is 0. The number of nitrogens with zero attached hydrogens (tertiary/aromatic N) is 2. The smallest absolute Gasteiger partial charge is 0.240 e. The molecule has 0 fully saturated rings. The Morgan fingerprint density at radius 3 is 2.46 bits per heavy atom. The molecule has 0 amide bonds. The van der Waals surface area contributed by atoms with Crippen LogP contribution in [0.15, 0.2) is 58.4 Å². The Morgan fingerprint density at radius 1 is 1.15 bits per heavy atom. The average Bonchev–Trinajstić information content (AvgIpc) is 2.64. The maximum atomic E-state index is 11.9. The quantitative estimate of drug-likeness (QED) is 0.583. The molecule has 2 aromatic carbocycles. The highest BCUT2D eigenvalue weighted by molar-refractivity contribution is 7.89. The first-order valence-electron chi connectivity index (χ1n) is 8.04. The van der Waals surface area contributed by atoms with Gasteiger partial charge in [0.1, 0.15) is 0 Å². The van der Waals surface area contributed by atoms with Gasteiger partial charge in [-0.15, -0.1) is 0 Å². The van der Waals surface area contributed by atoms with Crippen LogP contribution in [0.25, 0.3) is 0 Å². The molecule has 0 unspecified atom stereocenters. The van der Waals surface area contributed by atoms with E-state index in [0.29, 0.717) is 24.1 Å². The van der Waals surface area contributed by atoms with Crippen molar-refractivity contribution in [3.63, 3.8) is 0 Å². The molecular weight excluding hydrogens is 372 g/mol. The van der Waals surface area contributed by atoms with Crippen molar-refractivity contribution in [2.45, 2.75) is 18.0 Å². The van der Waals surface area contributed by atoms with E-state index in [1.165, 1.54) is 7.05 Å². The topological polar surface area (TPSA) is 73.8 Å². The molecule has 2 N–H and O–H groups in total. The van der Waals surface area contributed by atoms with Crippen LogP contribution < -0.4 is 10.0 Å². The number of benzene rings is 2. The lowest BCUT2D eigenvalue weighted by atomic mass is 10.2. The third-order valence-electron chi connectivity index (χ3n) is 3.83. The largest absolute Gasteiger partial charge is 0.352 e. The fourth-order valence-corrected chi connectivity index (χ4v) is 3.37. The van der Waals surface area contributed by atoms with Gasteiger partial charge >= 0.3 is 0 Å². The van der Waals surface area contributed by atoms with E-state index in [-0.39, 0.29) is 4.90 Å². The average molecular weight is 395 g/mol. The molecule has 0 heterocycles. The molecule has 0 atom stereocenters. The SMILES string of the molecule is CN=C(NCc1cccc(S(=O)(=O)NC)c1)N(C)Cc1ccc(Cl)cc1.